The Balaban J connectivity index is 1.27. The number of carbonyl (C=O) groups excluding carboxylic acids is 1. The van der Waals surface area contributed by atoms with Crippen molar-refractivity contribution in [2.24, 2.45) is 7.05 Å². The van der Waals surface area contributed by atoms with E-state index in [2.05, 4.69) is 36.6 Å². The molecule has 2 unspecified atom stereocenters. The molecule has 28 heavy (non-hydrogen) atoms. The maximum absolute atomic E-state index is 12.5. The lowest BCUT2D eigenvalue weighted by Gasteiger charge is -2.34. The fourth-order valence-electron chi connectivity index (χ4n) is 4.24. The van der Waals surface area contributed by atoms with E-state index in [1.165, 1.54) is 0 Å². The first-order valence-electron chi connectivity index (χ1n) is 10.1. The van der Waals surface area contributed by atoms with E-state index in [4.69, 9.17) is 0 Å². The van der Waals surface area contributed by atoms with Crippen molar-refractivity contribution in [1.82, 2.24) is 25.4 Å². The van der Waals surface area contributed by atoms with Crippen molar-refractivity contribution in [3.8, 4) is 0 Å². The van der Waals surface area contributed by atoms with Crippen molar-refractivity contribution < 1.29 is 4.79 Å². The number of rotatable bonds is 4. The molecule has 0 radical (unpaired) electrons. The minimum Gasteiger partial charge on any atom is -0.355 e. The molecular formula is C20H29N7O. The lowest BCUT2D eigenvalue weighted by atomic mass is 10.1. The summed E-state index contributed by atoms with van der Waals surface area (Å²) in [6, 6.07) is 8.27. The van der Waals surface area contributed by atoms with Gasteiger partial charge in [-0.05, 0) is 38.3 Å². The van der Waals surface area contributed by atoms with Crippen molar-refractivity contribution in [1.29, 1.82) is 0 Å². The number of aromatic nitrogens is 3. The van der Waals surface area contributed by atoms with Crippen LogP contribution in [-0.4, -0.2) is 59.1 Å². The molecule has 0 aromatic carbocycles. The first-order chi connectivity index (χ1) is 13.6. The third-order valence-corrected chi connectivity index (χ3v) is 5.55. The van der Waals surface area contributed by atoms with Crippen LogP contribution in [0.2, 0.25) is 0 Å². The molecule has 2 saturated heterocycles. The lowest BCUT2D eigenvalue weighted by Crippen LogP contribution is -2.52. The highest BCUT2D eigenvalue weighted by Crippen LogP contribution is 2.21. The molecule has 8 nitrogen and oxygen atoms in total. The van der Waals surface area contributed by atoms with Crippen molar-refractivity contribution in [3.63, 3.8) is 0 Å². The summed E-state index contributed by atoms with van der Waals surface area (Å²) in [7, 11) is 1.97. The van der Waals surface area contributed by atoms with Gasteiger partial charge in [0.05, 0.1) is 5.69 Å². The van der Waals surface area contributed by atoms with Crippen LogP contribution in [0.5, 0.6) is 0 Å². The Kier molecular flexibility index (Phi) is 5.36. The second kappa shape index (κ2) is 8.08. The second-order valence-electron chi connectivity index (χ2n) is 7.79. The van der Waals surface area contributed by atoms with E-state index in [9.17, 15) is 4.79 Å². The molecular weight excluding hydrogens is 354 g/mol. The molecule has 8 heteroatoms. The lowest BCUT2D eigenvalue weighted by molar-refractivity contribution is 0.232. The summed E-state index contributed by atoms with van der Waals surface area (Å²) in [6.07, 6.45) is 4.81. The van der Waals surface area contributed by atoms with E-state index in [1.807, 2.05) is 36.9 Å². The summed E-state index contributed by atoms with van der Waals surface area (Å²) < 4.78 is 1.92. The molecule has 0 spiro atoms. The summed E-state index contributed by atoms with van der Waals surface area (Å²) in [6.45, 7) is 5.54. The van der Waals surface area contributed by atoms with Gasteiger partial charge in [-0.15, -0.1) is 0 Å². The van der Waals surface area contributed by atoms with Crippen molar-refractivity contribution in [3.05, 3.63) is 36.2 Å². The summed E-state index contributed by atoms with van der Waals surface area (Å²) >= 11 is 0. The summed E-state index contributed by atoms with van der Waals surface area (Å²) in [4.78, 5) is 21.5. The van der Waals surface area contributed by atoms with Crippen LogP contribution in [0.4, 0.5) is 16.4 Å². The van der Waals surface area contributed by atoms with E-state index < -0.39 is 0 Å². The number of amides is 2. The van der Waals surface area contributed by atoms with Crippen molar-refractivity contribution in [2.45, 2.75) is 38.3 Å². The highest BCUT2D eigenvalue weighted by Gasteiger charge is 2.27. The molecule has 2 N–H and O–H groups in total. The van der Waals surface area contributed by atoms with Crippen LogP contribution in [0.15, 0.2) is 30.5 Å². The van der Waals surface area contributed by atoms with E-state index >= 15 is 0 Å². The molecule has 4 rings (SSSR count). The van der Waals surface area contributed by atoms with E-state index in [-0.39, 0.29) is 18.1 Å². The van der Waals surface area contributed by atoms with Gasteiger partial charge in [-0.1, -0.05) is 6.07 Å². The smallest absolute Gasteiger partial charge is 0.315 e. The van der Waals surface area contributed by atoms with Gasteiger partial charge >= 0.3 is 6.03 Å². The molecule has 4 heterocycles. The van der Waals surface area contributed by atoms with Gasteiger partial charge < -0.3 is 20.4 Å². The van der Waals surface area contributed by atoms with Gasteiger partial charge in [0, 0.05) is 57.6 Å². The summed E-state index contributed by atoms with van der Waals surface area (Å²) in [5.74, 6) is 2.09. The Hall–Kier alpha value is -2.77. The maximum Gasteiger partial charge on any atom is 0.315 e. The van der Waals surface area contributed by atoms with Crippen LogP contribution in [0.3, 0.4) is 0 Å². The number of hydrogen-bond acceptors (Lipinski definition) is 5. The van der Waals surface area contributed by atoms with Gasteiger partial charge in [-0.25, -0.2) is 9.78 Å². The number of nitrogens with one attached hydrogen (secondary N) is 2. The number of carbonyl (C=O) groups is 1. The van der Waals surface area contributed by atoms with Gasteiger partial charge in [0.1, 0.15) is 11.6 Å². The molecule has 2 atom stereocenters. The van der Waals surface area contributed by atoms with Crippen LogP contribution in [0.1, 0.15) is 25.0 Å². The van der Waals surface area contributed by atoms with Gasteiger partial charge in [0.15, 0.2) is 0 Å². The van der Waals surface area contributed by atoms with Crippen LogP contribution >= 0.6 is 0 Å². The predicted molar refractivity (Wildman–Crippen MR) is 110 cm³/mol. The number of anilines is 2. The zero-order valence-corrected chi connectivity index (χ0v) is 16.6. The topological polar surface area (TPSA) is 78.3 Å². The summed E-state index contributed by atoms with van der Waals surface area (Å²) in [5, 5.41) is 10.7. The predicted octanol–water partition coefficient (Wildman–Crippen LogP) is 1.67. The van der Waals surface area contributed by atoms with Gasteiger partial charge in [-0.3, -0.25) is 4.68 Å². The number of urea groups is 1. The van der Waals surface area contributed by atoms with Gasteiger partial charge in [0.2, 0.25) is 0 Å². The zero-order valence-electron chi connectivity index (χ0n) is 16.6. The highest BCUT2D eigenvalue weighted by atomic mass is 16.2. The number of piperidine rings is 1. The third kappa shape index (κ3) is 4.21. The molecule has 2 fully saturated rings. The molecule has 2 aliphatic rings. The number of pyridine rings is 1. The maximum atomic E-state index is 12.5. The monoisotopic (exact) mass is 383 g/mol. The Bertz CT molecular complexity index is 806. The molecule has 2 aromatic rings. The molecule has 2 amide bonds. The van der Waals surface area contributed by atoms with Crippen LogP contribution in [0.25, 0.3) is 0 Å². The highest BCUT2D eigenvalue weighted by molar-refractivity contribution is 5.75. The summed E-state index contributed by atoms with van der Waals surface area (Å²) in [5.41, 5.74) is 1.02. The Morgan fingerprint density at radius 1 is 1.11 bits per heavy atom. The molecule has 0 aliphatic carbocycles. The fraction of sp³-hybridized carbons (Fsp3) is 0.550. The van der Waals surface area contributed by atoms with Crippen LogP contribution in [0, 0.1) is 6.92 Å². The number of hydrogen-bond donors (Lipinski definition) is 2. The van der Waals surface area contributed by atoms with E-state index in [0.717, 1.165) is 62.8 Å². The largest absolute Gasteiger partial charge is 0.355 e. The Morgan fingerprint density at radius 2 is 1.89 bits per heavy atom. The molecule has 0 saturated carbocycles. The average Bonchev–Trinajstić information content (AvgIpc) is 3.28. The molecule has 150 valence electrons. The van der Waals surface area contributed by atoms with Gasteiger partial charge in [0.25, 0.3) is 0 Å². The normalized spacial score (nSPS) is 22.4. The van der Waals surface area contributed by atoms with E-state index in [1.54, 1.807) is 6.20 Å². The zero-order chi connectivity index (χ0) is 19.5. The third-order valence-electron chi connectivity index (χ3n) is 5.55. The Labute approximate surface area is 165 Å². The first kappa shape index (κ1) is 18.6. The second-order valence-corrected chi connectivity index (χ2v) is 7.79. The van der Waals surface area contributed by atoms with Crippen LogP contribution in [-0.2, 0) is 7.05 Å². The quantitative estimate of drug-likeness (QED) is 0.840. The Morgan fingerprint density at radius 3 is 2.61 bits per heavy atom. The molecule has 0 bridgehead atoms. The number of nitrogens with zero attached hydrogens (tertiary/aromatic N) is 5. The van der Waals surface area contributed by atoms with Crippen molar-refractivity contribution in [2.75, 3.05) is 36.0 Å². The minimum absolute atomic E-state index is 0.0686. The van der Waals surface area contributed by atoms with Crippen LogP contribution < -0.4 is 20.4 Å². The van der Waals surface area contributed by atoms with E-state index in [0.29, 0.717) is 0 Å². The first-order valence-corrected chi connectivity index (χ1v) is 10.1. The minimum atomic E-state index is -0.0686. The average molecular weight is 384 g/mol. The van der Waals surface area contributed by atoms with Gasteiger partial charge in [-0.2, -0.15) is 5.10 Å². The SMILES string of the molecule is Cc1cc(N2CCCC(NC(=O)NC3CCN(c4ccccn4)C3)C2)n(C)n1. The molecule has 2 aromatic heterocycles. The molecule has 2 aliphatic heterocycles. The number of aryl methyl sites for hydroxylation is 2. The fourth-order valence-corrected chi connectivity index (χ4v) is 4.24. The standard InChI is InChI=1S/C20H29N7O/c1-15-12-19(25(2)24-15)27-10-5-6-16(14-27)22-20(28)23-17-8-11-26(13-17)18-7-3-4-9-21-18/h3-4,7,9,12,16-17H,5-6,8,10-11,13-14H2,1-2H3,(H2,22,23,28). The van der Waals surface area contributed by atoms with Crippen molar-refractivity contribution >= 4 is 17.7 Å².